The second-order valence-electron chi connectivity index (χ2n) is 3.28. The van der Waals surface area contributed by atoms with Crippen molar-refractivity contribution in [2.75, 3.05) is 33.3 Å². The number of methoxy groups -OCH3 is 1. The molecule has 0 aromatic rings. The van der Waals surface area contributed by atoms with Gasteiger partial charge in [-0.05, 0) is 0 Å². The fraction of sp³-hybridized carbons (Fsp3) is 0.500. The minimum absolute atomic E-state index is 0.493. The maximum Gasteiger partial charge on any atom is 0.417 e. The summed E-state index contributed by atoms with van der Waals surface area (Å²) in [4.78, 5) is 34.7. The molecule has 0 saturated carbocycles. The van der Waals surface area contributed by atoms with Crippen LogP contribution in [0, 0.1) is 0 Å². The van der Waals surface area contributed by atoms with Gasteiger partial charge in [0.25, 0.3) is 0 Å². The molecule has 1 rings (SSSR count). The Balaban J connectivity index is 2.37. The quantitative estimate of drug-likeness (QED) is 0.391. The van der Waals surface area contributed by atoms with Crippen LogP contribution in [-0.2, 0) is 19.1 Å². The van der Waals surface area contributed by atoms with Crippen LogP contribution in [0.2, 0.25) is 0 Å². The monoisotopic (exact) mass is 242 g/mol. The smallest absolute Gasteiger partial charge is 0.417 e. The Morgan fingerprint density at radius 2 is 1.71 bits per heavy atom. The van der Waals surface area contributed by atoms with Crippen LogP contribution in [0.5, 0.6) is 0 Å². The largest absolute Gasteiger partial charge is 0.466 e. The predicted octanol–water partition coefficient (Wildman–Crippen LogP) is -0.716. The highest BCUT2D eigenvalue weighted by molar-refractivity contribution is 5.96. The molecule has 0 atom stereocenters. The molecule has 7 heteroatoms. The molecule has 1 aliphatic heterocycles. The lowest BCUT2D eigenvalue weighted by atomic mass is 10.4. The maximum atomic E-state index is 11.4. The fourth-order valence-electron chi connectivity index (χ4n) is 1.24. The summed E-state index contributed by atoms with van der Waals surface area (Å²) in [5, 5.41) is 3.06. The van der Waals surface area contributed by atoms with Gasteiger partial charge in [0.05, 0.1) is 7.11 Å². The minimum atomic E-state index is -0.890. The first kappa shape index (κ1) is 13.2. The number of amides is 1. The van der Waals surface area contributed by atoms with Gasteiger partial charge < -0.3 is 19.7 Å². The molecule has 1 fully saturated rings. The molecular formula is C10H14N2O5. The van der Waals surface area contributed by atoms with Gasteiger partial charge in [0.15, 0.2) is 0 Å². The summed E-state index contributed by atoms with van der Waals surface area (Å²) >= 11 is 0. The first-order valence-corrected chi connectivity index (χ1v) is 5.11. The van der Waals surface area contributed by atoms with Gasteiger partial charge in [-0.1, -0.05) is 0 Å². The third kappa shape index (κ3) is 4.64. The predicted molar refractivity (Wildman–Crippen MR) is 57.1 cm³/mol. The Hall–Kier alpha value is -1.89. The lowest BCUT2D eigenvalue weighted by molar-refractivity contribution is -0.136. The number of esters is 2. The van der Waals surface area contributed by atoms with Crippen LogP contribution in [0.25, 0.3) is 0 Å². The third-order valence-electron chi connectivity index (χ3n) is 2.12. The van der Waals surface area contributed by atoms with Gasteiger partial charge >= 0.3 is 18.0 Å². The molecule has 94 valence electrons. The Labute approximate surface area is 98.3 Å². The van der Waals surface area contributed by atoms with Crippen molar-refractivity contribution >= 4 is 18.0 Å². The zero-order chi connectivity index (χ0) is 12.7. The molecule has 0 aromatic heterocycles. The Bertz CT molecular complexity index is 334. The van der Waals surface area contributed by atoms with E-state index in [4.69, 9.17) is 0 Å². The van der Waals surface area contributed by atoms with E-state index in [-0.39, 0.29) is 0 Å². The highest BCUT2D eigenvalue weighted by Gasteiger charge is 2.19. The molecule has 1 amide bonds. The molecule has 0 bridgehead atoms. The average Bonchev–Trinajstić information content (AvgIpc) is 2.36. The van der Waals surface area contributed by atoms with Crippen LogP contribution in [0.3, 0.4) is 0 Å². The van der Waals surface area contributed by atoms with E-state index in [0.29, 0.717) is 26.2 Å². The van der Waals surface area contributed by atoms with Gasteiger partial charge in [0.2, 0.25) is 0 Å². The van der Waals surface area contributed by atoms with Crippen molar-refractivity contribution in [2.45, 2.75) is 0 Å². The van der Waals surface area contributed by atoms with Gasteiger partial charge in [-0.15, -0.1) is 0 Å². The molecule has 7 nitrogen and oxygen atoms in total. The van der Waals surface area contributed by atoms with Crippen molar-refractivity contribution in [1.29, 1.82) is 0 Å². The number of nitrogens with one attached hydrogen (secondary N) is 1. The van der Waals surface area contributed by atoms with Crippen LogP contribution < -0.4 is 5.32 Å². The summed E-state index contributed by atoms with van der Waals surface area (Å²) in [5.41, 5.74) is 0. The Morgan fingerprint density at radius 1 is 1.12 bits per heavy atom. The number of nitrogens with zero attached hydrogens (tertiary/aromatic N) is 1. The summed E-state index contributed by atoms with van der Waals surface area (Å²) in [6.07, 6.45) is 1.05. The van der Waals surface area contributed by atoms with Gasteiger partial charge in [-0.25, -0.2) is 14.4 Å². The van der Waals surface area contributed by atoms with Crippen LogP contribution >= 0.6 is 0 Å². The SMILES string of the molecule is COC(=O)/C=C/C(=O)OC(=O)N1CCNCC1. The van der Waals surface area contributed by atoms with Crippen LogP contribution in [0.1, 0.15) is 0 Å². The minimum Gasteiger partial charge on any atom is -0.466 e. The molecule has 1 aliphatic rings. The molecular weight excluding hydrogens is 228 g/mol. The zero-order valence-corrected chi connectivity index (χ0v) is 9.47. The number of ether oxygens (including phenoxy) is 2. The van der Waals surface area contributed by atoms with Crippen LogP contribution in [0.4, 0.5) is 4.79 Å². The van der Waals surface area contributed by atoms with Gasteiger partial charge in [0.1, 0.15) is 0 Å². The van der Waals surface area contributed by atoms with Crippen molar-refractivity contribution in [3.05, 3.63) is 12.2 Å². The summed E-state index contributed by atoms with van der Waals surface area (Å²) in [7, 11) is 1.18. The van der Waals surface area contributed by atoms with Crippen molar-refractivity contribution in [2.24, 2.45) is 0 Å². The molecule has 17 heavy (non-hydrogen) atoms. The van der Waals surface area contributed by atoms with Crippen molar-refractivity contribution < 1.29 is 23.9 Å². The van der Waals surface area contributed by atoms with E-state index in [1.165, 1.54) is 12.0 Å². The number of hydrogen-bond donors (Lipinski definition) is 1. The fourth-order valence-corrected chi connectivity index (χ4v) is 1.24. The van der Waals surface area contributed by atoms with E-state index in [1.54, 1.807) is 0 Å². The lowest BCUT2D eigenvalue weighted by Crippen LogP contribution is -2.46. The van der Waals surface area contributed by atoms with E-state index in [0.717, 1.165) is 12.2 Å². The van der Waals surface area contributed by atoms with E-state index in [1.807, 2.05) is 0 Å². The standard InChI is InChI=1S/C10H14N2O5/c1-16-8(13)2-3-9(14)17-10(15)12-6-4-11-5-7-12/h2-3,11H,4-7H2,1H3/b3-2+. The molecule has 0 spiro atoms. The number of carbonyl (C=O) groups is 3. The summed E-state index contributed by atoms with van der Waals surface area (Å²) in [6.45, 7) is 2.32. The van der Waals surface area contributed by atoms with Gasteiger partial charge in [0, 0.05) is 38.3 Å². The molecule has 0 unspecified atom stereocenters. The maximum absolute atomic E-state index is 11.4. The Kier molecular flexibility index (Phi) is 5.15. The number of hydrogen-bond acceptors (Lipinski definition) is 6. The molecule has 0 aliphatic carbocycles. The number of rotatable bonds is 2. The van der Waals surface area contributed by atoms with E-state index < -0.39 is 18.0 Å². The summed E-state index contributed by atoms with van der Waals surface area (Å²) in [5.74, 6) is -1.57. The van der Waals surface area contributed by atoms with Crippen LogP contribution in [0.15, 0.2) is 12.2 Å². The molecule has 0 radical (unpaired) electrons. The van der Waals surface area contributed by atoms with Gasteiger partial charge in [-0.2, -0.15) is 0 Å². The second kappa shape index (κ2) is 6.64. The van der Waals surface area contributed by atoms with Gasteiger partial charge in [-0.3, -0.25) is 0 Å². The molecule has 0 aromatic carbocycles. The second-order valence-corrected chi connectivity index (χ2v) is 3.28. The highest BCUT2D eigenvalue weighted by atomic mass is 16.6. The van der Waals surface area contributed by atoms with Crippen LogP contribution in [-0.4, -0.2) is 56.2 Å². The summed E-state index contributed by atoms with van der Waals surface area (Å²) in [6, 6.07) is 0. The normalized spacial score (nSPS) is 15.7. The lowest BCUT2D eigenvalue weighted by Gasteiger charge is -2.25. The van der Waals surface area contributed by atoms with Crippen molar-refractivity contribution in [3.8, 4) is 0 Å². The van der Waals surface area contributed by atoms with Crippen molar-refractivity contribution in [3.63, 3.8) is 0 Å². The first-order valence-electron chi connectivity index (χ1n) is 5.11. The average molecular weight is 242 g/mol. The Morgan fingerprint density at radius 3 is 2.29 bits per heavy atom. The number of carbonyl (C=O) groups excluding carboxylic acids is 3. The van der Waals surface area contributed by atoms with E-state index in [9.17, 15) is 14.4 Å². The highest BCUT2D eigenvalue weighted by Crippen LogP contribution is 1.97. The molecule has 1 N–H and O–H groups in total. The first-order chi connectivity index (χ1) is 8.13. The van der Waals surface area contributed by atoms with E-state index in [2.05, 4.69) is 14.8 Å². The molecule has 1 heterocycles. The third-order valence-corrected chi connectivity index (χ3v) is 2.12. The topological polar surface area (TPSA) is 84.9 Å². The van der Waals surface area contributed by atoms with Crippen molar-refractivity contribution in [1.82, 2.24) is 10.2 Å². The van der Waals surface area contributed by atoms with E-state index >= 15 is 0 Å². The summed E-state index contributed by atoms with van der Waals surface area (Å²) < 4.78 is 8.80. The number of piperazine rings is 1. The molecule has 1 saturated heterocycles. The zero-order valence-electron chi connectivity index (χ0n) is 9.47.